The predicted octanol–water partition coefficient (Wildman–Crippen LogP) is 1.12. The molecule has 0 radical (unpaired) electrons. The molecule has 3 N–H and O–H groups in total. The van der Waals surface area contributed by atoms with Crippen LogP contribution >= 0.6 is 0 Å². The van der Waals surface area contributed by atoms with Gasteiger partial charge in [0, 0.05) is 18.8 Å². The molecule has 0 fully saturated rings. The molecule has 0 aliphatic carbocycles. The number of hydrogen-bond acceptors (Lipinski definition) is 5. The molecule has 0 spiro atoms. The number of carbonyl (C=O) groups is 4. The van der Waals surface area contributed by atoms with E-state index in [1.54, 1.807) is 49.5 Å². The monoisotopic (exact) mass is 394 g/mol. The van der Waals surface area contributed by atoms with Gasteiger partial charge in [-0.2, -0.15) is 0 Å². The highest BCUT2D eigenvalue weighted by Gasteiger charge is 2.29. The van der Waals surface area contributed by atoms with Crippen molar-refractivity contribution in [3.63, 3.8) is 0 Å². The van der Waals surface area contributed by atoms with Gasteiger partial charge >= 0.3 is 0 Å². The van der Waals surface area contributed by atoms with Crippen LogP contribution in [0.3, 0.4) is 0 Å². The first-order chi connectivity index (χ1) is 13.9. The lowest BCUT2D eigenvalue weighted by Gasteiger charge is -2.26. The zero-order valence-corrected chi connectivity index (χ0v) is 15.5. The number of nitrogens with zero attached hydrogens (tertiary/aromatic N) is 1. The summed E-state index contributed by atoms with van der Waals surface area (Å²) in [4.78, 5) is 50.3. The van der Waals surface area contributed by atoms with E-state index in [0.29, 0.717) is 28.4 Å². The Balaban J connectivity index is 1.44. The molecule has 148 valence electrons. The van der Waals surface area contributed by atoms with E-state index in [1.807, 2.05) is 0 Å². The SMILES string of the molecule is CN1C(=O)COc2cc(NC(=O)C[C@@H]3NC(=O)c4ccccc4NC3=O)ccc21. The number of benzene rings is 2. The Bertz CT molecular complexity index is 1040. The summed E-state index contributed by atoms with van der Waals surface area (Å²) in [5, 5.41) is 7.93. The second-order valence-corrected chi connectivity index (χ2v) is 6.74. The summed E-state index contributed by atoms with van der Waals surface area (Å²) < 4.78 is 5.40. The molecule has 2 aliphatic heterocycles. The summed E-state index contributed by atoms with van der Waals surface area (Å²) in [6, 6.07) is 10.5. The van der Waals surface area contributed by atoms with Crippen molar-refractivity contribution in [2.75, 3.05) is 29.2 Å². The fourth-order valence-electron chi connectivity index (χ4n) is 3.21. The predicted molar refractivity (Wildman–Crippen MR) is 105 cm³/mol. The highest BCUT2D eigenvalue weighted by molar-refractivity contribution is 6.11. The summed E-state index contributed by atoms with van der Waals surface area (Å²) in [6.45, 7) is -0.0737. The second-order valence-electron chi connectivity index (χ2n) is 6.74. The van der Waals surface area contributed by atoms with Gasteiger partial charge in [0.2, 0.25) is 11.8 Å². The molecule has 0 saturated heterocycles. The van der Waals surface area contributed by atoms with E-state index in [2.05, 4.69) is 16.0 Å². The average molecular weight is 394 g/mol. The number of nitrogens with one attached hydrogen (secondary N) is 3. The lowest BCUT2D eigenvalue weighted by atomic mass is 10.1. The zero-order valence-electron chi connectivity index (χ0n) is 15.5. The van der Waals surface area contributed by atoms with Gasteiger partial charge in [-0.15, -0.1) is 0 Å². The normalized spacial score (nSPS) is 17.9. The summed E-state index contributed by atoms with van der Waals surface area (Å²) in [5.74, 6) is -1.03. The molecule has 0 bridgehead atoms. The van der Waals surface area contributed by atoms with Crippen LogP contribution in [-0.4, -0.2) is 43.3 Å². The molecule has 4 rings (SSSR count). The largest absolute Gasteiger partial charge is 0.481 e. The average Bonchev–Trinajstić information content (AvgIpc) is 2.81. The maximum Gasteiger partial charge on any atom is 0.264 e. The molecule has 2 heterocycles. The quantitative estimate of drug-likeness (QED) is 0.721. The van der Waals surface area contributed by atoms with Gasteiger partial charge in [-0.05, 0) is 24.3 Å². The van der Waals surface area contributed by atoms with Crippen LogP contribution in [0.5, 0.6) is 5.75 Å². The summed E-state index contributed by atoms with van der Waals surface area (Å²) in [6.07, 6.45) is -0.234. The molecule has 4 amide bonds. The minimum Gasteiger partial charge on any atom is -0.481 e. The maximum atomic E-state index is 12.5. The number of fused-ring (bicyclic) bond motifs is 2. The van der Waals surface area contributed by atoms with Gasteiger partial charge in [-0.3, -0.25) is 19.2 Å². The van der Waals surface area contributed by atoms with E-state index in [9.17, 15) is 19.2 Å². The van der Waals surface area contributed by atoms with Crippen LogP contribution in [0, 0.1) is 0 Å². The minimum absolute atomic E-state index is 0.0737. The molecule has 9 heteroatoms. The van der Waals surface area contributed by atoms with Gasteiger partial charge in [-0.25, -0.2) is 0 Å². The van der Waals surface area contributed by atoms with Crippen LogP contribution in [0.15, 0.2) is 42.5 Å². The van der Waals surface area contributed by atoms with Crippen LogP contribution in [0.4, 0.5) is 17.1 Å². The highest BCUT2D eigenvalue weighted by Crippen LogP contribution is 2.33. The van der Waals surface area contributed by atoms with Crippen LogP contribution < -0.4 is 25.6 Å². The third-order valence-electron chi connectivity index (χ3n) is 4.77. The van der Waals surface area contributed by atoms with Crippen molar-refractivity contribution in [1.29, 1.82) is 0 Å². The topological polar surface area (TPSA) is 117 Å². The first-order valence-corrected chi connectivity index (χ1v) is 8.96. The number of anilines is 3. The van der Waals surface area contributed by atoms with E-state index in [4.69, 9.17) is 4.74 Å². The molecule has 0 saturated carbocycles. The van der Waals surface area contributed by atoms with Crippen molar-refractivity contribution in [3.05, 3.63) is 48.0 Å². The van der Waals surface area contributed by atoms with Crippen LogP contribution in [0.25, 0.3) is 0 Å². The van der Waals surface area contributed by atoms with Crippen molar-refractivity contribution in [2.24, 2.45) is 0 Å². The standard InChI is InChI=1S/C20H18N4O5/c1-24-15-7-6-11(8-16(15)29-10-18(24)26)21-17(25)9-14-20(28)22-13-5-3-2-4-12(13)19(27)23-14/h2-8,14H,9-10H2,1H3,(H,21,25)(H,22,28)(H,23,27)/t14-/m0/s1. The zero-order chi connectivity index (χ0) is 20.5. The highest BCUT2D eigenvalue weighted by atomic mass is 16.5. The second kappa shape index (κ2) is 7.27. The third kappa shape index (κ3) is 3.62. The molecule has 2 aromatic carbocycles. The van der Waals surface area contributed by atoms with Crippen molar-refractivity contribution in [3.8, 4) is 5.75 Å². The van der Waals surface area contributed by atoms with Crippen LogP contribution in [0.2, 0.25) is 0 Å². The van der Waals surface area contributed by atoms with Gasteiger partial charge in [0.15, 0.2) is 6.61 Å². The Kier molecular flexibility index (Phi) is 4.63. The Labute approximate surface area is 166 Å². The van der Waals surface area contributed by atoms with Gasteiger partial charge in [-0.1, -0.05) is 12.1 Å². The smallest absolute Gasteiger partial charge is 0.264 e. The number of amides is 4. The molecular formula is C20H18N4O5. The molecular weight excluding hydrogens is 376 g/mol. The number of ether oxygens (including phenoxy) is 1. The van der Waals surface area contributed by atoms with E-state index in [1.165, 1.54) is 4.90 Å². The first kappa shape index (κ1) is 18.5. The molecule has 0 unspecified atom stereocenters. The Morgan fingerprint density at radius 3 is 2.83 bits per heavy atom. The van der Waals surface area contributed by atoms with E-state index in [0.717, 1.165) is 0 Å². The molecule has 1 atom stereocenters. The number of hydrogen-bond donors (Lipinski definition) is 3. The lowest BCUT2D eigenvalue weighted by molar-refractivity contribution is -0.122. The fourth-order valence-corrected chi connectivity index (χ4v) is 3.21. The van der Waals surface area contributed by atoms with Crippen LogP contribution in [-0.2, 0) is 14.4 Å². The van der Waals surface area contributed by atoms with Gasteiger partial charge in [0.05, 0.1) is 23.4 Å². The van der Waals surface area contributed by atoms with Gasteiger partial charge < -0.3 is 25.6 Å². The molecule has 9 nitrogen and oxygen atoms in total. The number of rotatable bonds is 3. The number of likely N-dealkylation sites (N-methyl/N-ethyl adjacent to an activating group) is 1. The molecule has 2 aliphatic rings. The lowest BCUT2D eigenvalue weighted by Crippen LogP contribution is -2.43. The van der Waals surface area contributed by atoms with Crippen molar-refractivity contribution in [2.45, 2.75) is 12.5 Å². The fraction of sp³-hybridized carbons (Fsp3) is 0.200. The Hall–Kier alpha value is -3.88. The van der Waals surface area contributed by atoms with E-state index in [-0.39, 0.29) is 18.9 Å². The first-order valence-electron chi connectivity index (χ1n) is 8.96. The minimum atomic E-state index is -1.01. The van der Waals surface area contributed by atoms with Gasteiger partial charge in [0.1, 0.15) is 11.8 Å². The Morgan fingerprint density at radius 2 is 2.00 bits per heavy atom. The third-order valence-corrected chi connectivity index (χ3v) is 4.77. The van der Waals surface area contributed by atoms with Gasteiger partial charge in [0.25, 0.3) is 11.8 Å². The summed E-state index contributed by atoms with van der Waals surface area (Å²) in [7, 11) is 1.65. The number of carbonyl (C=O) groups excluding carboxylic acids is 4. The van der Waals surface area contributed by atoms with Crippen molar-refractivity contribution >= 4 is 40.7 Å². The molecule has 0 aromatic heterocycles. The maximum absolute atomic E-state index is 12.5. The summed E-state index contributed by atoms with van der Waals surface area (Å²) >= 11 is 0. The summed E-state index contributed by atoms with van der Waals surface area (Å²) in [5.41, 5.74) is 1.81. The molecule has 29 heavy (non-hydrogen) atoms. The van der Waals surface area contributed by atoms with Crippen LogP contribution in [0.1, 0.15) is 16.8 Å². The van der Waals surface area contributed by atoms with E-state index >= 15 is 0 Å². The van der Waals surface area contributed by atoms with E-state index < -0.39 is 23.8 Å². The number of para-hydroxylation sites is 1. The molecule has 2 aromatic rings. The van der Waals surface area contributed by atoms with Crippen molar-refractivity contribution < 1.29 is 23.9 Å². The Morgan fingerprint density at radius 1 is 1.21 bits per heavy atom. The van der Waals surface area contributed by atoms with Crippen molar-refractivity contribution in [1.82, 2.24) is 5.32 Å².